The molecule has 134 valence electrons. The molecule has 1 fully saturated rings. The van der Waals surface area contributed by atoms with Gasteiger partial charge in [-0.3, -0.25) is 9.69 Å². The van der Waals surface area contributed by atoms with Crippen LogP contribution < -0.4 is 5.32 Å². The second-order valence-electron chi connectivity index (χ2n) is 6.24. The summed E-state index contributed by atoms with van der Waals surface area (Å²) < 4.78 is 27.6. The van der Waals surface area contributed by atoms with Crippen LogP contribution in [0.5, 0.6) is 0 Å². The van der Waals surface area contributed by atoms with Crippen LogP contribution in [0, 0.1) is 0 Å². The lowest BCUT2D eigenvalue weighted by Crippen LogP contribution is -2.55. The first-order valence-electron chi connectivity index (χ1n) is 8.02. The number of nitrogens with one attached hydrogen (secondary N) is 1. The lowest BCUT2D eigenvalue weighted by Gasteiger charge is -2.37. The van der Waals surface area contributed by atoms with Gasteiger partial charge in [-0.15, -0.1) is 0 Å². The minimum atomic E-state index is -3.50. The Labute approximate surface area is 152 Å². The maximum Gasteiger partial charge on any atom is 0.243 e. The summed E-state index contributed by atoms with van der Waals surface area (Å²) in [5.74, 6) is -0.0201. The molecule has 0 saturated carbocycles. The number of carbonyl (C=O) groups is 1. The van der Waals surface area contributed by atoms with E-state index in [0.717, 1.165) is 4.47 Å². The molecular weight excluding hydrogens is 394 g/mol. The maximum atomic E-state index is 12.7. The van der Waals surface area contributed by atoms with Crippen LogP contribution in [0.25, 0.3) is 0 Å². The zero-order valence-electron chi connectivity index (χ0n) is 14.2. The van der Waals surface area contributed by atoms with Crippen LogP contribution in [0.1, 0.15) is 20.8 Å². The standard InChI is InChI=1S/C16H24BrN3O3S/c1-12(2)18-16(21)13(3)19-7-9-20(10-8-19)24(22,23)15-6-4-5-14(17)11-15/h4-6,11-13H,7-10H2,1-3H3,(H,18,21). The van der Waals surface area contributed by atoms with Gasteiger partial charge in [0.2, 0.25) is 15.9 Å². The highest BCUT2D eigenvalue weighted by molar-refractivity contribution is 9.10. The number of benzene rings is 1. The van der Waals surface area contributed by atoms with Gasteiger partial charge in [-0.25, -0.2) is 8.42 Å². The van der Waals surface area contributed by atoms with Gasteiger partial charge in [0.1, 0.15) is 0 Å². The monoisotopic (exact) mass is 417 g/mol. The molecule has 1 unspecified atom stereocenters. The molecule has 0 aliphatic carbocycles. The average molecular weight is 418 g/mol. The minimum absolute atomic E-state index is 0.0201. The van der Waals surface area contributed by atoms with E-state index in [1.54, 1.807) is 24.3 Å². The number of piperazine rings is 1. The summed E-state index contributed by atoms with van der Waals surface area (Å²) in [6, 6.07) is 6.56. The van der Waals surface area contributed by atoms with E-state index in [1.807, 2.05) is 25.7 Å². The summed E-state index contributed by atoms with van der Waals surface area (Å²) in [5.41, 5.74) is 0. The van der Waals surface area contributed by atoms with Crippen molar-refractivity contribution in [3.8, 4) is 0 Å². The Morgan fingerprint density at radius 3 is 2.33 bits per heavy atom. The Morgan fingerprint density at radius 2 is 1.79 bits per heavy atom. The molecular formula is C16H24BrN3O3S. The molecule has 0 aromatic heterocycles. The Kier molecular flexibility index (Phi) is 6.41. The van der Waals surface area contributed by atoms with Crippen LogP contribution in [-0.2, 0) is 14.8 Å². The number of halogens is 1. The summed E-state index contributed by atoms with van der Waals surface area (Å²) in [4.78, 5) is 14.4. The van der Waals surface area contributed by atoms with Crippen LogP contribution in [0.15, 0.2) is 33.6 Å². The molecule has 24 heavy (non-hydrogen) atoms. The highest BCUT2D eigenvalue weighted by Crippen LogP contribution is 2.21. The van der Waals surface area contributed by atoms with Gasteiger partial charge in [0.25, 0.3) is 0 Å². The Hall–Kier alpha value is -0.960. The van der Waals surface area contributed by atoms with E-state index < -0.39 is 10.0 Å². The van der Waals surface area contributed by atoms with E-state index in [9.17, 15) is 13.2 Å². The Morgan fingerprint density at radius 1 is 1.17 bits per heavy atom. The van der Waals surface area contributed by atoms with Crippen LogP contribution in [0.2, 0.25) is 0 Å². The first-order valence-corrected chi connectivity index (χ1v) is 10.3. The van der Waals surface area contributed by atoms with Crippen molar-refractivity contribution in [1.29, 1.82) is 0 Å². The van der Waals surface area contributed by atoms with E-state index in [2.05, 4.69) is 21.2 Å². The SMILES string of the molecule is CC(C)NC(=O)C(C)N1CCN(S(=O)(=O)c2cccc(Br)c2)CC1. The minimum Gasteiger partial charge on any atom is -0.353 e. The number of nitrogens with zero attached hydrogens (tertiary/aromatic N) is 2. The zero-order chi connectivity index (χ0) is 17.9. The molecule has 1 amide bonds. The number of hydrogen-bond donors (Lipinski definition) is 1. The lowest BCUT2D eigenvalue weighted by atomic mass is 10.2. The van der Waals surface area contributed by atoms with Crippen LogP contribution >= 0.6 is 15.9 Å². The molecule has 1 aliphatic rings. The number of amides is 1. The van der Waals surface area contributed by atoms with Crippen molar-refractivity contribution >= 4 is 31.9 Å². The van der Waals surface area contributed by atoms with Crippen molar-refractivity contribution < 1.29 is 13.2 Å². The summed E-state index contributed by atoms with van der Waals surface area (Å²) in [5, 5.41) is 2.90. The van der Waals surface area contributed by atoms with Crippen molar-refractivity contribution in [3.63, 3.8) is 0 Å². The fraction of sp³-hybridized carbons (Fsp3) is 0.562. The van der Waals surface area contributed by atoms with Crippen LogP contribution in [0.4, 0.5) is 0 Å². The quantitative estimate of drug-likeness (QED) is 0.790. The molecule has 1 aromatic carbocycles. The third-order valence-corrected chi connectivity index (χ3v) is 6.45. The predicted molar refractivity (Wildman–Crippen MR) is 97.2 cm³/mol. The Bertz CT molecular complexity index is 686. The molecule has 8 heteroatoms. The van der Waals surface area contributed by atoms with Crippen LogP contribution in [0.3, 0.4) is 0 Å². The molecule has 1 atom stereocenters. The van der Waals surface area contributed by atoms with Gasteiger partial charge in [-0.1, -0.05) is 22.0 Å². The largest absolute Gasteiger partial charge is 0.353 e. The first kappa shape index (κ1) is 19.4. The summed E-state index contributed by atoms with van der Waals surface area (Å²) in [7, 11) is -3.50. The number of hydrogen-bond acceptors (Lipinski definition) is 4. The normalized spacial score (nSPS) is 18.5. The molecule has 1 saturated heterocycles. The third kappa shape index (κ3) is 4.56. The van der Waals surface area contributed by atoms with E-state index in [1.165, 1.54) is 4.31 Å². The average Bonchev–Trinajstić information content (AvgIpc) is 2.53. The van der Waals surface area contributed by atoms with Crippen molar-refractivity contribution in [2.75, 3.05) is 26.2 Å². The van der Waals surface area contributed by atoms with Crippen molar-refractivity contribution in [2.24, 2.45) is 0 Å². The van der Waals surface area contributed by atoms with Gasteiger partial charge < -0.3 is 5.32 Å². The molecule has 1 aromatic rings. The summed E-state index contributed by atoms with van der Waals surface area (Å²) in [6.45, 7) is 7.55. The van der Waals surface area contributed by atoms with E-state index in [4.69, 9.17) is 0 Å². The van der Waals surface area contributed by atoms with E-state index in [0.29, 0.717) is 26.2 Å². The summed E-state index contributed by atoms with van der Waals surface area (Å²) >= 11 is 3.31. The Balaban J connectivity index is 2.01. The van der Waals surface area contributed by atoms with Crippen molar-refractivity contribution in [3.05, 3.63) is 28.7 Å². The van der Waals surface area contributed by atoms with Crippen molar-refractivity contribution in [2.45, 2.75) is 37.8 Å². The molecule has 6 nitrogen and oxygen atoms in total. The summed E-state index contributed by atoms with van der Waals surface area (Å²) in [6.07, 6.45) is 0. The molecule has 1 heterocycles. The highest BCUT2D eigenvalue weighted by atomic mass is 79.9. The third-order valence-electron chi connectivity index (χ3n) is 4.07. The highest BCUT2D eigenvalue weighted by Gasteiger charge is 2.31. The fourth-order valence-electron chi connectivity index (χ4n) is 2.68. The number of rotatable bonds is 5. The fourth-order valence-corrected chi connectivity index (χ4v) is 4.70. The smallest absolute Gasteiger partial charge is 0.243 e. The predicted octanol–water partition coefficient (Wildman–Crippen LogP) is 1.67. The molecule has 1 N–H and O–H groups in total. The van der Waals surface area contributed by atoms with Gasteiger partial charge in [-0.2, -0.15) is 4.31 Å². The molecule has 0 bridgehead atoms. The number of sulfonamides is 1. The van der Waals surface area contributed by atoms with Gasteiger partial charge >= 0.3 is 0 Å². The number of carbonyl (C=O) groups excluding carboxylic acids is 1. The van der Waals surface area contributed by atoms with Gasteiger partial charge in [0.05, 0.1) is 10.9 Å². The topological polar surface area (TPSA) is 69.7 Å². The van der Waals surface area contributed by atoms with Crippen molar-refractivity contribution in [1.82, 2.24) is 14.5 Å². The second kappa shape index (κ2) is 7.95. The van der Waals surface area contributed by atoms with Crippen LogP contribution in [-0.4, -0.2) is 61.8 Å². The maximum absolute atomic E-state index is 12.7. The van der Waals surface area contributed by atoms with Gasteiger partial charge in [0, 0.05) is 36.7 Å². The van der Waals surface area contributed by atoms with Gasteiger partial charge in [-0.05, 0) is 39.0 Å². The molecule has 0 radical (unpaired) electrons. The molecule has 2 rings (SSSR count). The second-order valence-corrected chi connectivity index (χ2v) is 9.09. The molecule has 1 aliphatic heterocycles. The van der Waals surface area contributed by atoms with Gasteiger partial charge in [0.15, 0.2) is 0 Å². The van der Waals surface area contributed by atoms with E-state index >= 15 is 0 Å². The lowest BCUT2D eigenvalue weighted by molar-refractivity contribution is -0.126. The first-order chi connectivity index (χ1) is 11.2. The molecule has 0 spiro atoms. The van der Waals surface area contributed by atoms with E-state index in [-0.39, 0.29) is 22.9 Å². The zero-order valence-corrected chi connectivity index (χ0v) is 16.6.